The Morgan fingerprint density at radius 2 is 2.11 bits per heavy atom. The molecule has 4 nitrogen and oxygen atoms in total. The van der Waals surface area contributed by atoms with Crippen molar-refractivity contribution in [2.24, 2.45) is 0 Å². The van der Waals surface area contributed by atoms with E-state index in [9.17, 15) is 0 Å². The lowest BCUT2D eigenvalue weighted by Crippen LogP contribution is -1.92. The molecule has 0 spiro atoms. The van der Waals surface area contributed by atoms with Crippen molar-refractivity contribution in [2.75, 3.05) is 5.73 Å². The zero-order chi connectivity index (χ0) is 12.5. The predicted molar refractivity (Wildman–Crippen MR) is 73.4 cm³/mol. The number of anilines is 1. The molecular formula is C12H8ClN3OS. The topological polar surface area (TPSA) is 61.0 Å². The van der Waals surface area contributed by atoms with Gasteiger partial charge in [0.25, 0.3) is 0 Å². The van der Waals surface area contributed by atoms with Crippen LogP contribution in [0.15, 0.2) is 35.7 Å². The molecule has 0 aliphatic carbocycles. The van der Waals surface area contributed by atoms with E-state index in [0.29, 0.717) is 17.3 Å². The average molecular weight is 278 g/mol. The van der Waals surface area contributed by atoms with Gasteiger partial charge in [0.15, 0.2) is 0 Å². The standard InChI is InChI=1S/C12H8ClN3OS/c13-12-15-9-4-5-18-10(9)11(16-12)17-8-3-1-2-7(14)6-8/h1-6H,14H2. The van der Waals surface area contributed by atoms with Gasteiger partial charge in [-0.05, 0) is 35.2 Å². The Bertz CT molecular complexity index is 713. The van der Waals surface area contributed by atoms with Crippen LogP contribution < -0.4 is 10.5 Å². The highest BCUT2D eigenvalue weighted by molar-refractivity contribution is 7.17. The maximum atomic E-state index is 5.86. The van der Waals surface area contributed by atoms with Crippen molar-refractivity contribution >= 4 is 38.8 Å². The van der Waals surface area contributed by atoms with Crippen molar-refractivity contribution in [1.82, 2.24) is 9.97 Å². The Hall–Kier alpha value is -1.85. The van der Waals surface area contributed by atoms with E-state index in [-0.39, 0.29) is 5.28 Å². The minimum atomic E-state index is 0.166. The van der Waals surface area contributed by atoms with Crippen LogP contribution in [0.2, 0.25) is 5.28 Å². The van der Waals surface area contributed by atoms with Crippen molar-refractivity contribution in [3.63, 3.8) is 0 Å². The summed E-state index contributed by atoms with van der Waals surface area (Å²) in [5.41, 5.74) is 7.11. The summed E-state index contributed by atoms with van der Waals surface area (Å²) < 4.78 is 6.57. The largest absolute Gasteiger partial charge is 0.437 e. The molecule has 0 unspecified atom stereocenters. The van der Waals surface area contributed by atoms with E-state index >= 15 is 0 Å². The molecule has 0 atom stereocenters. The smallest absolute Gasteiger partial charge is 0.241 e. The fourth-order valence-electron chi connectivity index (χ4n) is 1.57. The van der Waals surface area contributed by atoms with Crippen molar-refractivity contribution in [2.45, 2.75) is 0 Å². The van der Waals surface area contributed by atoms with E-state index < -0.39 is 0 Å². The number of nitrogen functional groups attached to an aromatic ring is 1. The molecule has 3 aromatic rings. The van der Waals surface area contributed by atoms with E-state index in [4.69, 9.17) is 22.1 Å². The van der Waals surface area contributed by atoms with Crippen LogP contribution in [0.4, 0.5) is 5.69 Å². The van der Waals surface area contributed by atoms with Crippen LogP contribution in [0.3, 0.4) is 0 Å². The lowest BCUT2D eigenvalue weighted by molar-refractivity contribution is 0.469. The fourth-order valence-corrected chi connectivity index (χ4v) is 2.49. The number of nitrogens with two attached hydrogens (primary N) is 1. The first-order valence-electron chi connectivity index (χ1n) is 5.16. The second kappa shape index (κ2) is 4.44. The van der Waals surface area contributed by atoms with Crippen LogP contribution in [0.25, 0.3) is 10.2 Å². The van der Waals surface area contributed by atoms with Crippen LogP contribution >= 0.6 is 22.9 Å². The third-order valence-corrected chi connectivity index (χ3v) is 3.38. The number of aromatic nitrogens is 2. The maximum Gasteiger partial charge on any atom is 0.241 e. The number of fused-ring (bicyclic) bond motifs is 1. The number of thiophene rings is 1. The second-order valence-corrected chi connectivity index (χ2v) is 4.86. The first kappa shape index (κ1) is 11.3. The van der Waals surface area contributed by atoms with Gasteiger partial charge in [0.2, 0.25) is 11.2 Å². The number of hydrogen-bond donors (Lipinski definition) is 1. The van der Waals surface area contributed by atoms with Crippen LogP contribution in [-0.2, 0) is 0 Å². The summed E-state index contributed by atoms with van der Waals surface area (Å²) in [6.45, 7) is 0. The van der Waals surface area contributed by atoms with Crippen LogP contribution in [-0.4, -0.2) is 9.97 Å². The quantitative estimate of drug-likeness (QED) is 0.573. The highest BCUT2D eigenvalue weighted by Crippen LogP contribution is 2.32. The molecule has 2 aromatic heterocycles. The van der Waals surface area contributed by atoms with Gasteiger partial charge in [0, 0.05) is 11.8 Å². The summed E-state index contributed by atoms with van der Waals surface area (Å²) in [6, 6.07) is 9.03. The Morgan fingerprint density at radius 3 is 2.94 bits per heavy atom. The van der Waals surface area contributed by atoms with Gasteiger partial charge in [-0.2, -0.15) is 4.98 Å². The van der Waals surface area contributed by atoms with E-state index in [0.717, 1.165) is 10.2 Å². The highest BCUT2D eigenvalue weighted by Gasteiger charge is 2.10. The SMILES string of the molecule is Nc1cccc(Oc2nc(Cl)nc3ccsc23)c1. The Labute approximate surface area is 112 Å². The first-order valence-corrected chi connectivity index (χ1v) is 6.42. The molecule has 3 rings (SSSR count). The zero-order valence-corrected chi connectivity index (χ0v) is 10.7. The van der Waals surface area contributed by atoms with Crippen molar-refractivity contribution in [3.05, 3.63) is 41.0 Å². The molecule has 90 valence electrons. The zero-order valence-electron chi connectivity index (χ0n) is 9.13. The molecule has 0 amide bonds. The van der Waals surface area contributed by atoms with Crippen LogP contribution in [0.1, 0.15) is 0 Å². The average Bonchev–Trinajstić information content (AvgIpc) is 2.77. The fraction of sp³-hybridized carbons (Fsp3) is 0. The van der Waals surface area contributed by atoms with Crippen LogP contribution in [0, 0.1) is 0 Å². The molecule has 0 saturated carbocycles. The third-order valence-electron chi connectivity index (χ3n) is 2.32. The molecule has 0 aliphatic heterocycles. The summed E-state index contributed by atoms with van der Waals surface area (Å²) in [4.78, 5) is 8.22. The monoisotopic (exact) mass is 277 g/mol. The number of benzene rings is 1. The van der Waals surface area contributed by atoms with Gasteiger partial charge in [0.1, 0.15) is 10.4 Å². The first-order chi connectivity index (χ1) is 8.72. The summed E-state index contributed by atoms with van der Waals surface area (Å²) in [5.74, 6) is 1.07. The Kier molecular flexibility index (Phi) is 2.77. The van der Waals surface area contributed by atoms with Gasteiger partial charge < -0.3 is 10.5 Å². The predicted octanol–water partition coefficient (Wildman–Crippen LogP) is 3.72. The molecule has 0 fully saturated rings. The lowest BCUT2D eigenvalue weighted by atomic mass is 10.3. The molecule has 0 aliphatic rings. The molecule has 0 bridgehead atoms. The molecule has 1 aromatic carbocycles. The normalized spacial score (nSPS) is 10.7. The van der Waals surface area contributed by atoms with Gasteiger partial charge in [-0.3, -0.25) is 0 Å². The molecule has 0 radical (unpaired) electrons. The van der Waals surface area contributed by atoms with E-state index in [1.807, 2.05) is 23.6 Å². The minimum Gasteiger partial charge on any atom is -0.437 e. The summed E-state index contributed by atoms with van der Waals surface area (Å²) in [6.07, 6.45) is 0. The number of ether oxygens (including phenoxy) is 1. The van der Waals surface area contributed by atoms with Gasteiger partial charge in [-0.15, -0.1) is 11.3 Å². The molecule has 0 saturated heterocycles. The number of halogens is 1. The van der Waals surface area contributed by atoms with Crippen molar-refractivity contribution in [1.29, 1.82) is 0 Å². The Morgan fingerprint density at radius 1 is 1.22 bits per heavy atom. The second-order valence-electron chi connectivity index (χ2n) is 3.61. The van der Waals surface area contributed by atoms with E-state index in [1.165, 1.54) is 11.3 Å². The maximum absolute atomic E-state index is 5.86. The Balaban J connectivity index is 2.06. The van der Waals surface area contributed by atoms with Crippen LogP contribution in [0.5, 0.6) is 11.6 Å². The highest BCUT2D eigenvalue weighted by atomic mass is 35.5. The van der Waals surface area contributed by atoms with Gasteiger partial charge in [0.05, 0.1) is 5.52 Å². The van der Waals surface area contributed by atoms with E-state index in [1.54, 1.807) is 12.1 Å². The number of rotatable bonds is 2. The van der Waals surface area contributed by atoms with Gasteiger partial charge in [-0.1, -0.05) is 6.07 Å². The molecule has 2 N–H and O–H groups in total. The summed E-state index contributed by atoms with van der Waals surface area (Å²) in [7, 11) is 0. The molecule has 18 heavy (non-hydrogen) atoms. The third kappa shape index (κ3) is 2.10. The number of nitrogens with zero attached hydrogens (tertiary/aromatic N) is 2. The molecule has 2 heterocycles. The van der Waals surface area contributed by atoms with Crippen molar-refractivity contribution in [3.8, 4) is 11.6 Å². The number of hydrogen-bond acceptors (Lipinski definition) is 5. The summed E-state index contributed by atoms with van der Waals surface area (Å²) in [5, 5.41) is 2.09. The van der Waals surface area contributed by atoms with E-state index in [2.05, 4.69) is 9.97 Å². The van der Waals surface area contributed by atoms with Gasteiger partial charge >= 0.3 is 0 Å². The van der Waals surface area contributed by atoms with Crippen molar-refractivity contribution < 1.29 is 4.74 Å². The lowest BCUT2D eigenvalue weighted by Gasteiger charge is -2.06. The molecule has 6 heteroatoms. The minimum absolute atomic E-state index is 0.166. The summed E-state index contributed by atoms with van der Waals surface area (Å²) >= 11 is 7.36. The van der Waals surface area contributed by atoms with Gasteiger partial charge in [-0.25, -0.2) is 4.98 Å². The molecular weight excluding hydrogens is 270 g/mol.